The lowest BCUT2D eigenvalue weighted by atomic mass is 9.70. The van der Waals surface area contributed by atoms with Crippen molar-refractivity contribution in [3.8, 4) is 0 Å². The third kappa shape index (κ3) is 14.9. The molecule has 0 radical (unpaired) electrons. The van der Waals surface area contributed by atoms with Crippen molar-refractivity contribution in [1.29, 1.82) is 0 Å². The van der Waals surface area contributed by atoms with Crippen LogP contribution in [0, 0.1) is 5.41 Å². The zero-order valence-electron chi connectivity index (χ0n) is 28.5. The van der Waals surface area contributed by atoms with E-state index in [0.717, 1.165) is 39.0 Å². The number of hydrogen-bond acceptors (Lipinski definition) is 4. The van der Waals surface area contributed by atoms with Crippen molar-refractivity contribution in [3.05, 3.63) is 142 Å². The zero-order valence-corrected chi connectivity index (χ0v) is 28.5. The SMILES string of the molecule is CC1=C(/C=C/C(C)=C/C=C/C(C)=C/C=C/C=C(C)/C=C/C=C(C)/C=C/C=C(C)/C=C/[C@H](O)C(C)(C)O)C(C)(C)C[C@H](O)[C@H]1O. The molecule has 1 rings (SSSR count). The predicted molar refractivity (Wildman–Crippen MR) is 189 cm³/mol. The molecule has 0 amide bonds. The standard InChI is InChI=1S/C40H56O4/c1-29(18-13-20-31(3)21-15-23-33(5)25-27-37(42)40(9,10)44)16-11-12-17-30(2)19-14-22-32(4)24-26-35-34(6)38(43)36(41)28-39(35,7)8/h11-27,36-38,41-44H,28H2,1-10H3/b12-11+,18-13+,19-14+,21-15+,26-24+,27-25+,29-16+,30-17+,31-20+,32-22+,33-23+/t36-,37-,38-/m0/s1. The first-order chi connectivity index (χ1) is 20.4. The maximum atomic E-state index is 10.3. The largest absolute Gasteiger partial charge is 0.390 e. The molecule has 1 aliphatic rings. The Bertz CT molecular complexity index is 1320. The maximum absolute atomic E-state index is 10.3. The Hall–Kier alpha value is -3.28. The van der Waals surface area contributed by atoms with Gasteiger partial charge < -0.3 is 20.4 Å². The van der Waals surface area contributed by atoms with E-state index in [0.29, 0.717) is 6.42 Å². The van der Waals surface area contributed by atoms with E-state index in [2.05, 4.69) is 83.2 Å². The number of hydrogen-bond donors (Lipinski definition) is 4. The molecule has 0 saturated carbocycles. The number of rotatable bonds is 13. The first-order valence-corrected chi connectivity index (χ1v) is 15.3. The molecule has 0 aromatic carbocycles. The van der Waals surface area contributed by atoms with Crippen LogP contribution in [0.2, 0.25) is 0 Å². The van der Waals surface area contributed by atoms with Crippen molar-refractivity contribution >= 4 is 0 Å². The van der Waals surface area contributed by atoms with Crippen LogP contribution in [0.3, 0.4) is 0 Å². The minimum absolute atomic E-state index is 0.182. The van der Waals surface area contributed by atoms with E-state index in [4.69, 9.17) is 0 Å². The molecule has 240 valence electrons. The summed E-state index contributed by atoms with van der Waals surface area (Å²) in [7, 11) is 0. The first kappa shape index (κ1) is 38.7. The van der Waals surface area contributed by atoms with Gasteiger partial charge in [0.2, 0.25) is 0 Å². The lowest BCUT2D eigenvalue weighted by Crippen LogP contribution is -2.38. The molecule has 0 aliphatic heterocycles. The van der Waals surface area contributed by atoms with Crippen molar-refractivity contribution in [2.75, 3.05) is 0 Å². The zero-order chi connectivity index (χ0) is 33.5. The predicted octanol–water partition coefficient (Wildman–Crippen LogP) is 8.66. The Balaban J connectivity index is 2.66. The number of aliphatic hydroxyl groups is 4. The van der Waals surface area contributed by atoms with E-state index < -0.39 is 23.9 Å². The Morgan fingerprint density at radius 2 is 1.09 bits per heavy atom. The van der Waals surface area contributed by atoms with Gasteiger partial charge in [-0.05, 0) is 78.4 Å². The van der Waals surface area contributed by atoms with Crippen molar-refractivity contribution in [1.82, 2.24) is 0 Å². The van der Waals surface area contributed by atoms with Gasteiger partial charge in [0.1, 0.15) is 12.2 Å². The highest BCUT2D eigenvalue weighted by Crippen LogP contribution is 2.41. The molecule has 0 aromatic rings. The van der Waals surface area contributed by atoms with Gasteiger partial charge >= 0.3 is 0 Å². The van der Waals surface area contributed by atoms with Gasteiger partial charge in [-0.15, -0.1) is 0 Å². The molecule has 44 heavy (non-hydrogen) atoms. The van der Waals surface area contributed by atoms with Gasteiger partial charge in [0.25, 0.3) is 0 Å². The summed E-state index contributed by atoms with van der Waals surface area (Å²) in [6.07, 6.45) is 32.1. The second kappa shape index (κ2) is 18.5. The minimum Gasteiger partial charge on any atom is -0.390 e. The van der Waals surface area contributed by atoms with Gasteiger partial charge in [-0.1, -0.05) is 145 Å². The molecule has 0 heterocycles. The normalized spacial score (nSPS) is 22.8. The van der Waals surface area contributed by atoms with Gasteiger partial charge in [-0.2, -0.15) is 0 Å². The smallest absolute Gasteiger partial charge is 0.101 e. The Morgan fingerprint density at radius 3 is 1.52 bits per heavy atom. The first-order valence-electron chi connectivity index (χ1n) is 15.3. The molecule has 3 atom stereocenters. The summed E-state index contributed by atoms with van der Waals surface area (Å²) in [5.41, 5.74) is 6.07. The fraction of sp³-hybridized carbons (Fsp3) is 0.400. The van der Waals surface area contributed by atoms with E-state index in [-0.39, 0.29) is 5.41 Å². The van der Waals surface area contributed by atoms with Gasteiger partial charge in [0.15, 0.2) is 0 Å². The molecule has 0 bridgehead atoms. The highest BCUT2D eigenvalue weighted by atomic mass is 16.3. The van der Waals surface area contributed by atoms with Crippen LogP contribution in [0.15, 0.2) is 142 Å². The van der Waals surface area contributed by atoms with Crippen LogP contribution in [0.1, 0.15) is 75.7 Å². The average Bonchev–Trinajstić information content (AvgIpc) is 2.91. The second-order valence-electron chi connectivity index (χ2n) is 13.0. The summed E-state index contributed by atoms with van der Waals surface area (Å²) >= 11 is 0. The molecule has 0 unspecified atom stereocenters. The molecule has 0 aromatic heterocycles. The van der Waals surface area contributed by atoms with Crippen LogP contribution in [-0.2, 0) is 0 Å². The lowest BCUT2D eigenvalue weighted by molar-refractivity contribution is -0.0226. The number of aliphatic hydroxyl groups excluding tert-OH is 3. The highest BCUT2D eigenvalue weighted by Gasteiger charge is 2.36. The summed E-state index contributed by atoms with van der Waals surface area (Å²) in [6.45, 7) is 19.4. The average molecular weight is 601 g/mol. The molecule has 4 N–H and O–H groups in total. The van der Waals surface area contributed by atoms with Crippen molar-refractivity contribution in [2.45, 2.75) is 99.6 Å². The molecular formula is C40H56O4. The van der Waals surface area contributed by atoms with Crippen LogP contribution in [-0.4, -0.2) is 44.3 Å². The Morgan fingerprint density at radius 1 is 0.705 bits per heavy atom. The molecule has 0 spiro atoms. The van der Waals surface area contributed by atoms with E-state index >= 15 is 0 Å². The van der Waals surface area contributed by atoms with Crippen LogP contribution in [0.4, 0.5) is 0 Å². The summed E-state index contributed by atoms with van der Waals surface area (Å²) in [5, 5.41) is 40.1. The Kier molecular flexibility index (Phi) is 16.3. The summed E-state index contributed by atoms with van der Waals surface area (Å²) in [5.74, 6) is 0. The maximum Gasteiger partial charge on any atom is 0.101 e. The summed E-state index contributed by atoms with van der Waals surface area (Å²) in [4.78, 5) is 0. The summed E-state index contributed by atoms with van der Waals surface area (Å²) in [6, 6.07) is 0. The Labute approximate surface area is 267 Å². The third-order valence-corrected chi connectivity index (χ3v) is 7.44. The minimum atomic E-state index is -1.16. The topological polar surface area (TPSA) is 80.9 Å². The van der Waals surface area contributed by atoms with Crippen LogP contribution in [0.25, 0.3) is 0 Å². The second-order valence-corrected chi connectivity index (χ2v) is 13.0. The van der Waals surface area contributed by atoms with E-state index in [1.165, 1.54) is 0 Å². The van der Waals surface area contributed by atoms with Gasteiger partial charge in [-0.3, -0.25) is 0 Å². The van der Waals surface area contributed by atoms with Crippen molar-refractivity contribution < 1.29 is 20.4 Å². The monoisotopic (exact) mass is 600 g/mol. The van der Waals surface area contributed by atoms with Crippen LogP contribution >= 0.6 is 0 Å². The van der Waals surface area contributed by atoms with Gasteiger partial charge in [0, 0.05) is 0 Å². The fourth-order valence-corrected chi connectivity index (χ4v) is 4.52. The molecule has 0 saturated heterocycles. The van der Waals surface area contributed by atoms with E-state index in [1.807, 2.05) is 63.3 Å². The molecule has 4 nitrogen and oxygen atoms in total. The van der Waals surface area contributed by atoms with E-state index in [9.17, 15) is 20.4 Å². The summed E-state index contributed by atoms with van der Waals surface area (Å²) < 4.78 is 0. The van der Waals surface area contributed by atoms with Crippen LogP contribution in [0.5, 0.6) is 0 Å². The number of allylic oxidation sites excluding steroid dienone is 22. The highest BCUT2D eigenvalue weighted by molar-refractivity contribution is 5.39. The molecule has 4 heteroatoms. The fourth-order valence-electron chi connectivity index (χ4n) is 4.52. The van der Waals surface area contributed by atoms with Crippen molar-refractivity contribution in [2.24, 2.45) is 5.41 Å². The molecular weight excluding hydrogens is 544 g/mol. The quantitative estimate of drug-likeness (QED) is 0.160. The van der Waals surface area contributed by atoms with Crippen LogP contribution < -0.4 is 0 Å². The van der Waals surface area contributed by atoms with E-state index in [1.54, 1.807) is 26.0 Å². The van der Waals surface area contributed by atoms with Crippen molar-refractivity contribution in [3.63, 3.8) is 0 Å². The lowest BCUT2D eigenvalue weighted by Gasteiger charge is -2.38. The molecule has 0 fully saturated rings. The third-order valence-electron chi connectivity index (χ3n) is 7.44. The van der Waals surface area contributed by atoms with Gasteiger partial charge in [-0.25, -0.2) is 0 Å². The van der Waals surface area contributed by atoms with Gasteiger partial charge in [0.05, 0.1) is 11.7 Å². The molecule has 1 aliphatic carbocycles.